The number of carbonyl (C=O) groups is 1. The van der Waals surface area contributed by atoms with Gasteiger partial charge in [-0.05, 0) is 60.7 Å². The van der Waals surface area contributed by atoms with Crippen LogP contribution in [0.15, 0.2) is 54.7 Å². The minimum absolute atomic E-state index is 0.119. The molecule has 0 spiro atoms. The number of hydrogen-bond acceptors (Lipinski definition) is 7. The van der Waals surface area contributed by atoms with Gasteiger partial charge in [-0.3, -0.25) is 4.79 Å². The van der Waals surface area contributed by atoms with Gasteiger partial charge in [-0.1, -0.05) is 24.1 Å². The zero-order valence-corrected chi connectivity index (χ0v) is 22.8. The Hall–Kier alpha value is -4.33. The number of nitrogens with zero attached hydrogens (tertiary/aromatic N) is 2. The summed E-state index contributed by atoms with van der Waals surface area (Å²) >= 11 is 0. The van der Waals surface area contributed by atoms with Gasteiger partial charge < -0.3 is 18.9 Å². The van der Waals surface area contributed by atoms with Crippen molar-refractivity contribution in [2.45, 2.75) is 57.2 Å². The highest BCUT2D eigenvalue weighted by atomic mass is 16.5. The number of carbonyl (C=O) groups excluding carboxylic acids is 1. The number of nitriles is 1. The highest BCUT2D eigenvalue weighted by Gasteiger charge is 2.29. The predicted molar refractivity (Wildman–Crippen MR) is 150 cm³/mol. The van der Waals surface area contributed by atoms with Crippen LogP contribution < -0.4 is 9.47 Å². The van der Waals surface area contributed by atoms with Crippen molar-refractivity contribution < 1.29 is 23.7 Å². The SMILES string of the molecule is CC#C[C@@H](CC(=O)OC)c1ccc(O[C@@H]2CCc3c2ccc(C#N)c3-c2ccc(OC3CCOCC3)nc2)cc1. The van der Waals surface area contributed by atoms with Crippen molar-refractivity contribution in [3.05, 3.63) is 77.0 Å². The van der Waals surface area contributed by atoms with Gasteiger partial charge >= 0.3 is 5.97 Å². The quantitative estimate of drug-likeness (QED) is 0.261. The van der Waals surface area contributed by atoms with Crippen LogP contribution >= 0.6 is 0 Å². The topological polar surface area (TPSA) is 90.7 Å². The van der Waals surface area contributed by atoms with Gasteiger partial charge in [0, 0.05) is 36.2 Å². The third-order valence-corrected chi connectivity index (χ3v) is 7.43. The monoisotopic (exact) mass is 536 g/mol. The Balaban J connectivity index is 1.33. The summed E-state index contributed by atoms with van der Waals surface area (Å²) in [5.74, 6) is 6.80. The van der Waals surface area contributed by atoms with Gasteiger partial charge in [0.2, 0.25) is 5.88 Å². The maximum atomic E-state index is 11.8. The van der Waals surface area contributed by atoms with E-state index in [1.807, 2.05) is 48.5 Å². The van der Waals surface area contributed by atoms with E-state index in [4.69, 9.17) is 18.9 Å². The Morgan fingerprint density at radius 2 is 1.88 bits per heavy atom. The molecule has 0 bridgehead atoms. The van der Waals surface area contributed by atoms with Crippen LogP contribution in [0.2, 0.25) is 0 Å². The van der Waals surface area contributed by atoms with Crippen molar-refractivity contribution in [2.75, 3.05) is 20.3 Å². The number of fused-ring (bicyclic) bond motifs is 1. The zero-order chi connectivity index (χ0) is 27.9. The number of esters is 1. The lowest BCUT2D eigenvalue weighted by Gasteiger charge is -2.22. The number of hydrogen-bond donors (Lipinski definition) is 0. The van der Waals surface area contributed by atoms with E-state index < -0.39 is 0 Å². The van der Waals surface area contributed by atoms with Crippen molar-refractivity contribution in [1.82, 2.24) is 4.98 Å². The minimum atomic E-state index is -0.292. The molecular weight excluding hydrogens is 504 g/mol. The molecule has 7 nitrogen and oxygen atoms in total. The van der Waals surface area contributed by atoms with Crippen LogP contribution in [0.5, 0.6) is 11.6 Å². The molecule has 1 aromatic heterocycles. The van der Waals surface area contributed by atoms with E-state index in [2.05, 4.69) is 22.9 Å². The molecule has 3 aromatic rings. The van der Waals surface area contributed by atoms with Crippen LogP contribution in [0.4, 0.5) is 0 Å². The molecule has 2 aliphatic rings. The first-order valence-corrected chi connectivity index (χ1v) is 13.6. The van der Waals surface area contributed by atoms with Crippen LogP contribution in [0.25, 0.3) is 11.1 Å². The van der Waals surface area contributed by atoms with Gasteiger partial charge in [0.05, 0.1) is 44.3 Å². The van der Waals surface area contributed by atoms with E-state index in [9.17, 15) is 10.1 Å². The Kier molecular flexibility index (Phi) is 8.64. The van der Waals surface area contributed by atoms with E-state index in [1.54, 1.807) is 13.1 Å². The molecule has 1 aliphatic heterocycles. The number of rotatable bonds is 8. The van der Waals surface area contributed by atoms with Gasteiger partial charge in [-0.15, -0.1) is 5.92 Å². The average molecular weight is 537 g/mol. The number of benzene rings is 2. The smallest absolute Gasteiger partial charge is 0.307 e. The summed E-state index contributed by atoms with van der Waals surface area (Å²) < 4.78 is 22.7. The lowest BCUT2D eigenvalue weighted by atomic mass is 9.93. The van der Waals surface area contributed by atoms with Crippen LogP contribution in [0.3, 0.4) is 0 Å². The molecule has 2 atom stereocenters. The van der Waals surface area contributed by atoms with Gasteiger partial charge in [0.1, 0.15) is 18.0 Å². The van der Waals surface area contributed by atoms with Crippen molar-refractivity contribution in [2.24, 2.45) is 0 Å². The van der Waals surface area contributed by atoms with Crippen LogP contribution in [0, 0.1) is 23.2 Å². The van der Waals surface area contributed by atoms with Crippen molar-refractivity contribution in [3.8, 4) is 40.7 Å². The molecule has 0 amide bonds. The van der Waals surface area contributed by atoms with Gasteiger partial charge in [0.15, 0.2) is 0 Å². The number of methoxy groups -OCH3 is 1. The molecule has 1 saturated heterocycles. The molecule has 204 valence electrons. The fraction of sp³-hybridized carbons (Fsp3) is 0.364. The second-order valence-electron chi connectivity index (χ2n) is 9.92. The largest absolute Gasteiger partial charge is 0.486 e. The van der Waals surface area contributed by atoms with Gasteiger partial charge in [0.25, 0.3) is 0 Å². The molecule has 0 radical (unpaired) electrons. The van der Waals surface area contributed by atoms with Gasteiger partial charge in [-0.2, -0.15) is 5.26 Å². The lowest BCUT2D eigenvalue weighted by molar-refractivity contribution is -0.140. The van der Waals surface area contributed by atoms with Gasteiger partial charge in [-0.25, -0.2) is 4.98 Å². The molecule has 1 fully saturated rings. The Labute approximate surface area is 235 Å². The highest BCUT2D eigenvalue weighted by Crippen LogP contribution is 2.42. The maximum absolute atomic E-state index is 11.8. The van der Waals surface area contributed by atoms with E-state index in [1.165, 1.54) is 7.11 Å². The van der Waals surface area contributed by atoms with E-state index in [-0.39, 0.29) is 30.5 Å². The molecule has 2 aromatic carbocycles. The first-order chi connectivity index (χ1) is 19.6. The lowest BCUT2D eigenvalue weighted by Crippen LogP contribution is -2.26. The Bertz CT molecular complexity index is 1440. The second-order valence-corrected chi connectivity index (χ2v) is 9.92. The zero-order valence-electron chi connectivity index (χ0n) is 22.8. The minimum Gasteiger partial charge on any atom is -0.486 e. The summed E-state index contributed by atoms with van der Waals surface area (Å²) in [5, 5.41) is 9.89. The molecule has 7 heteroatoms. The molecule has 5 rings (SSSR count). The maximum Gasteiger partial charge on any atom is 0.307 e. The Morgan fingerprint density at radius 1 is 1.07 bits per heavy atom. The molecule has 0 unspecified atom stereocenters. The molecule has 1 aliphatic carbocycles. The first-order valence-electron chi connectivity index (χ1n) is 13.6. The van der Waals surface area contributed by atoms with E-state index in [0.717, 1.165) is 59.3 Å². The van der Waals surface area contributed by atoms with E-state index >= 15 is 0 Å². The fourth-order valence-electron chi connectivity index (χ4n) is 5.39. The molecule has 2 heterocycles. The molecular formula is C33H32N2O5. The van der Waals surface area contributed by atoms with Crippen molar-refractivity contribution >= 4 is 5.97 Å². The summed E-state index contributed by atoms with van der Waals surface area (Å²) in [6.07, 6.45) is 5.32. The average Bonchev–Trinajstić information content (AvgIpc) is 3.40. The summed E-state index contributed by atoms with van der Waals surface area (Å²) in [6.45, 7) is 3.18. The standard InChI is InChI=1S/C33H32N2O5/c1-3-4-23(19-32(36)37-2)22-5-9-26(10-6-22)39-30-13-12-29-28(30)11-7-24(20-34)33(29)25-8-14-31(35-21-25)40-27-15-17-38-18-16-27/h5-11,14,21,23,27,30H,12-13,15-19H2,1-2H3/t23-,30+/m0/s1. The summed E-state index contributed by atoms with van der Waals surface area (Å²) in [7, 11) is 1.38. The third kappa shape index (κ3) is 6.11. The second kappa shape index (κ2) is 12.7. The third-order valence-electron chi connectivity index (χ3n) is 7.43. The van der Waals surface area contributed by atoms with Crippen LogP contribution in [-0.2, 0) is 20.7 Å². The number of pyridine rings is 1. The predicted octanol–water partition coefficient (Wildman–Crippen LogP) is 5.91. The van der Waals surface area contributed by atoms with Crippen LogP contribution in [0.1, 0.15) is 66.9 Å². The first kappa shape index (κ1) is 27.2. The summed E-state index contributed by atoms with van der Waals surface area (Å²) in [6, 6.07) is 17.8. The normalized spacial score (nSPS) is 17.1. The molecule has 40 heavy (non-hydrogen) atoms. The summed E-state index contributed by atoms with van der Waals surface area (Å²) in [4.78, 5) is 16.4. The van der Waals surface area contributed by atoms with Crippen molar-refractivity contribution in [3.63, 3.8) is 0 Å². The molecule has 0 N–H and O–H groups in total. The Morgan fingerprint density at radius 3 is 2.55 bits per heavy atom. The van der Waals surface area contributed by atoms with Crippen LogP contribution in [-0.4, -0.2) is 37.4 Å². The highest BCUT2D eigenvalue weighted by molar-refractivity contribution is 5.76. The fourth-order valence-corrected chi connectivity index (χ4v) is 5.39. The number of ether oxygens (including phenoxy) is 4. The summed E-state index contributed by atoms with van der Waals surface area (Å²) in [5.41, 5.74) is 5.58. The van der Waals surface area contributed by atoms with Crippen molar-refractivity contribution in [1.29, 1.82) is 5.26 Å². The molecule has 0 saturated carbocycles. The number of aromatic nitrogens is 1. The van der Waals surface area contributed by atoms with E-state index in [0.29, 0.717) is 24.7 Å².